The molecular weight excluding hydrogens is 214 g/mol. The molecule has 0 saturated heterocycles. The van der Waals surface area contributed by atoms with Crippen LogP contribution < -0.4 is 4.72 Å². The molecule has 2 N–H and O–H groups in total. The van der Waals surface area contributed by atoms with Crippen molar-refractivity contribution < 1.29 is 8.42 Å². The average Bonchev–Trinajstić information content (AvgIpc) is 2.70. The number of nitrogens with one attached hydrogen (secondary N) is 2. The molecule has 1 atom stereocenters. The number of aromatic amines is 1. The Hall–Kier alpha value is -0.880. The lowest BCUT2D eigenvalue weighted by Gasteiger charge is -2.15. The Labute approximate surface area is 90.3 Å². The Morgan fingerprint density at radius 3 is 2.73 bits per heavy atom. The summed E-state index contributed by atoms with van der Waals surface area (Å²) in [6, 6.07) is 0.00917. The van der Waals surface area contributed by atoms with Gasteiger partial charge in [0, 0.05) is 12.2 Å². The second-order valence-corrected chi connectivity index (χ2v) is 5.16. The van der Waals surface area contributed by atoms with Gasteiger partial charge in [-0.2, -0.15) is 5.10 Å². The lowest BCUT2D eigenvalue weighted by Crippen LogP contribution is -2.34. The highest BCUT2D eigenvalue weighted by atomic mass is 32.2. The molecule has 0 amide bonds. The smallest absolute Gasteiger partial charge is 0.243 e. The van der Waals surface area contributed by atoms with Gasteiger partial charge in [-0.3, -0.25) is 5.10 Å². The number of hydrogen-bond acceptors (Lipinski definition) is 3. The number of sulfonamides is 1. The first-order chi connectivity index (χ1) is 7.10. The van der Waals surface area contributed by atoms with Gasteiger partial charge in [-0.1, -0.05) is 20.3 Å². The van der Waals surface area contributed by atoms with Gasteiger partial charge in [-0.15, -0.1) is 0 Å². The normalized spacial score (nSPS) is 14.0. The maximum atomic E-state index is 11.8. The minimum absolute atomic E-state index is 0.00917. The van der Waals surface area contributed by atoms with Gasteiger partial charge in [0.25, 0.3) is 0 Å². The second kappa shape index (κ2) is 5.27. The molecule has 1 aromatic heterocycles. The van der Waals surface area contributed by atoms with E-state index in [9.17, 15) is 8.42 Å². The molecule has 0 aliphatic carbocycles. The minimum atomic E-state index is -3.39. The van der Waals surface area contributed by atoms with Crippen molar-refractivity contribution in [1.82, 2.24) is 14.9 Å². The van der Waals surface area contributed by atoms with Crippen LogP contribution in [0.5, 0.6) is 0 Å². The largest absolute Gasteiger partial charge is 0.284 e. The van der Waals surface area contributed by atoms with Gasteiger partial charge in [-0.05, 0) is 12.8 Å². The molecule has 6 heteroatoms. The van der Waals surface area contributed by atoms with E-state index in [1.54, 1.807) is 0 Å². The molecule has 0 aliphatic rings. The molecular formula is C9H17N3O2S. The summed E-state index contributed by atoms with van der Waals surface area (Å²) >= 11 is 0. The van der Waals surface area contributed by atoms with Crippen molar-refractivity contribution in [1.29, 1.82) is 0 Å². The highest BCUT2D eigenvalue weighted by molar-refractivity contribution is 7.89. The quantitative estimate of drug-likeness (QED) is 0.774. The predicted octanol–water partition coefficient (Wildman–Crippen LogP) is 1.27. The third-order valence-corrected chi connectivity index (χ3v) is 3.72. The molecule has 86 valence electrons. The van der Waals surface area contributed by atoms with Crippen LogP contribution in [-0.2, 0) is 10.0 Å². The number of aromatic nitrogens is 2. The highest BCUT2D eigenvalue weighted by Gasteiger charge is 2.18. The van der Waals surface area contributed by atoms with E-state index in [4.69, 9.17) is 0 Å². The van der Waals surface area contributed by atoms with Crippen LogP contribution in [0.25, 0.3) is 0 Å². The van der Waals surface area contributed by atoms with E-state index in [0.717, 1.165) is 19.3 Å². The van der Waals surface area contributed by atoms with Crippen LogP contribution >= 0.6 is 0 Å². The fourth-order valence-electron chi connectivity index (χ4n) is 1.37. The zero-order chi connectivity index (χ0) is 11.3. The van der Waals surface area contributed by atoms with Gasteiger partial charge < -0.3 is 0 Å². The van der Waals surface area contributed by atoms with Crippen molar-refractivity contribution in [2.45, 2.75) is 44.0 Å². The summed E-state index contributed by atoms with van der Waals surface area (Å²) in [5, 5.41) is 6.11. The number of hydrogen-bond donors (Lipinski definition) is 2. The van der Waals surface area contributed by atoms with Gasteiger partial charge in [0.1, 0.15) is 4.90 Å². The van der Waals surface area contributed by atoms with Gasteiger partial charge in [0.05, 0.1) is 6.20 Å². The molecule has 0 radical (unpaired) electrons. The first-order valence-electron chi connectivity index (χ1n) is 5.11. The summed E-state index contributed by atoms with van der Waals surface area (Å²) < 4.78 is 26.2. The molecule has 1 aromatic rings. The highest BCUT2D eigenvalue weighted by Crippen LogP contribution is 2.09. The van der Waals surface area contributed by atoms with Gasteiger partial charge >= 0.3 is 0 Å². The first-order valence-corrected chi connectivity index (χ1v) is 6.59. The van der Waals surface area contributed by atoms with Crippen molar-refractivity contribution >= 4 is 10.0 Å². The van der Waals surface area contributed by atoms with E-state index in [2.05, 4.69) is 14.9 Å². The van der Waals surface area contributed by atoms with Crippen LogP contribution in [0.4, 0.5) is 0 Å². The van der Waals surface area contributed by atoms with Crippen LogP contribution in [0.3, 0.4) is 0 Å². The summed E-state index contributed by atoms with van der Waals surface area (Å²) in [6.07, 6.45) is 5.30. The third kappa shape index (κ3) is 3.32. The molecule has 0 bridgehead atoms. The lowest BCUT2D eigenvalue weighted by molar-refractivity contribution is 0.512. The number of rotatable bonds is 6. The van der Waals surface area contributed by atoms with E-state index in [1.165, 1.54) is 12.4 Å². The molecule has 0 spiro atoms. The van der Waals surface area contributed by atoms with Crippen molar-refractivity contribution in [3.8, 4) is 0 Å². The zero-order valence-corrected chi connectivity index (χ0v) is 9.84. The second-order valence-electron chi connectivity index (χ2n) is 3.45. The Bertz CT molecular complexity index is 372. The lowest BCUT2D eigenvalue weighted by atomic mass is 10.1. The molecule has 5 nitrogen and oxygen atoms in total. The van der Waals surface area contributed by atoms with Crippen molar-refractivity contribution in [3.63, 3.8) is 0 Å². The van der Waals surface area contributed by atoms with E-state index < -0.39 is 10.0 Å². The van der Waals surface area contributed by atoms with Crippen molar-refractivity contribution in [2.75, 3.05) is 0 Å². The van der Waals surface area contributed by atoms with E-state index in [1.807, 2.05) is 13.8 Å². The average molecular weight is 231 g/mol. The summed E-state index contributed by atoms with van der Waals surface area (Å²) in [4.78, 5) is 0.192. The summed E-state index contributed by atoms with van der Waals surface area (Å²) in [6.45, 7) is 4.01. The van der Waals surface area contributed by atoms with Crippen LogP contribution in [0.2, 0.25) is 0 Å². The molecule has 0 aliphatic heterocycles. The van der Waals surface area contributed by atoms with Gasteiger partial charge in [-0.25, -0.2) is 13.1 Å². The van der Waals surface area contributed by atoms with E-state index in [-0.39, 0.29) is 10.9 Å². The topological polar surface area (TPSA) is 74.8 Å². The molecule has 0 saturated carbocycles. The SMILES string of the molecule is CCCC(CC)NS(=O)(=O)c1cn[nH]c1. The number of H-pyrrole nitrogens is 1. The van der Waals surface area contributed by atoms with Crippen LogP contribution in [0.1, 0.15) is 33.1 Å². The molecule has 0 aromatic carbocycles. The standard InChI is InChI=1S/C9H17N3O2S/c1-3-5-8(4-2)12-15(13,14)9-6-10-11-7-9/h6-8,12H,3-5H2,1-2H3,(H,10,11). The molecule has 1 unspecified atom stereocenters. The Morgan fingerprint density at radius 2 is 2.27 bits per heavy atom. The van der Waals surface area contributed by atoms with E-state index >= 15 is 0 Å². The number of nitrogens with zero attached hydrogens (tertiary/aromatic N) is 1. The van der Waals surface area contributed by atoms with Crippen molar-refractivity contribution in [2.24, 2.45) is 0 Å². The van der Waals surface area contributed by atoms with Crippen molar-refractivity contribution in [3.05, 3.63) is 12.4 Å². The Balaban J connectivity index is 2.72. The maximum Gasteiger partial charge on any atom is 0.243 e. The summed E-state index contributed by atoms with van der Waals surface area (Å²) in [7, 11) is -3.39. The summed E-state index contributed by atoms with van der Waals surface area (Å²) in [5.74, 6) is 0. The molecule has 0 fully saturated rings. The van der Waals surface area contributed by atoms with Gasteiger partial charge in [0.2, 0.25) is 10.0 Å². The predicted molar refractivity (Wildman–Crippen MR) is 57.9 cm³/mol. The third-order valence-electron chi connectivity index (χ3n) is 2.24. The minimum Gasteiger partial charge on any atom is -0.284 e. The molecule has 1 heterocycles. The summed E-state index contributed by atoms with van der Waals surface area (Å²) in [5.41, 5.74) is 0. The van der Waals surface area contributed by atoms with E-state index in [0.29, 0.717) is 0 Å². The van der Waals surface area contributed by atoms with Crippen LogP contribution in [-0.4, -0.2) is 24.7 Å². The maximum absolute atomic E-state index is 11.8. The van der Waals surface area contributed by atoms with Gasteiger partial charge in [0.15, 0.2) is 0 Å². The Morgan fingerprint density at radius 1 is 1.53 bits per heavy atom. The first kappa shape index (κ1) is 12.2. The zero-order valence-electron chi connectivity index (χ0n) is 9.03. The fourth-order valence-corrected chi connectivity index (χ4v) is 2.63. The van der Waals surface area contributed by atoms with Crippen LogP contribution in [0, 0.1) is 0 Å². The molecule has 1 rings (SSSR count). The fraction of sp³-hybridized carbons (Fsp3) is 0.667. The Kier molecular flexibility index (Phi) is 4.28. The molecule has 15 heavy (non-hydrogen) atoms. The monoisotopic (exact) mass is 231 g/mol. The van der Waals surface area contributed by atoms with Crippen LogP contribution in [0.15, 0.2) is 17.3 Å².